The van der Waals surface area contributed by atoms with Gasteiger partial charge in [-0.3, -0.25) is 0 Å². The lowest BCUT2D eigenvalue weighted by molar-refractivity contribution is 0.00285. The summed E-state index contributed by atoms with van der Waals surface area (Å²) in [4.78, 5) is 0. The molecule has 1 atom stereocenters. The Kier molecular flexibility index (Phi) is 4.49. The molecule has 25 heavy (non-hydrogen) atoms. The summed E-state index contributed by atoms with van der Waals surface area (Å²) in [7, 11) is 0. The SMILES string of the molecule is BrCC1(c2ccccc2)CCOC1(c1ccccc1)c1ccccc1. The Labute approximate surface area is 157 Å². The van der Waals surface area contributed by atoms with Gasteiger partial charge in [-0.1, -0.05) is 107 Å². The second kappa shape index (κ2) is 6.78. The van der Waals surface area contributed by atoms with E-state index >= 15 is 0 Å². The summed E-state index contributed by atoms with van der Waals surface area (Å²) in [5, 5.41) is 0.841. The summed E-state index contributed by atoms with van der Waals surface area (Å²) >= 11 is 3.86. The molecule has 1 heterocycles. The van der Waals surface area contributed by atoms with Crippen molar-refractivity contribution < 1.29 is 4.74 Å². The van der Waals surface area contributed by atoms with Crippen LogP contribution in [0.2, 0.25) is 0 Å². The quantitative estimate of drug-likeness (QED) is 0.518. The summed E-state index contributed by atoms with van der Waals surface area (Å²) in [5.41, 5.74) is 3.08. The van der Waals surface area contributed by atoms with Crippen molar-refractivity contribution in [1.29, 1.82) is 0 Å². The number of rotatable bonds is 4. The van der Waals surface area contributed by atoms with Crippen molar-refractivity contribution in [3.8, 4) is 0 Å². The standard InChI is InChI=1S/C23H21BrO/c24-18-22(19-10-4-1-5-11-19)16-17-25-23(22,20-12-6-2-7-13-20)21-14-8-3-9-15-21/h1-15H,16-18H2. The summed E-state index contributed by atoms with van der Waals surface area (Å²) in [6.07, 6.45) is 0.978. The molecule has 1 saturated heterocycles. The number of alkyl halides is 1. The molecule has 0 spiro atoms. The molecule has 3 aromatic carbocycles. The fraction of sp³-hybridized carbons (Fsp3) is 0.217. The van der Waals surface area contributed by atoms with Crippen LogP contribution >= 0.6 is 15.9 Å². The minimum absolute atomic E-state index is 0.156. The smallest absolute Gasteiger partial charge is 0.129 e. The molecule has 1 aliphatic heterocycles. The molecular formula is C23H21BrO. The molecule has 1 unspecified atom stereocenters. The zero-order chi connectivity index (χ0) is 17.2. The van der Waals surface area contributed by atoms with Gasteiger partial charge in [0.15, 0.2) is 0 Å². The van der Waals surface area contributed by atoms with Crippen LogP contribution in [-0.2, 0) is 15.8 Å². The third-order valence-corrected chi connectivity index (χ3v) is 6.39. The lowest BCUT2D eigenvalue weighted by atomic mass is 9.62. The van der Waals surface area contributed by atoms with Crippen molar-refractivity contribution in [1.82, 2.24) is 0 Å². The molecule has 0 N–H and O–H groups in total. The molecule has 0 saturated carbocycles. The first-order valence-electron chi connectivity index (χ1n) is 8.70. The van der Waals surface area contributed by atoms with Crippen LogP contribution in [0.15, 0.2) is 91.0 Å². The highest BCUT2D eigenvalue weighted by Gasteiger charge is 2.58. The van der Waals surface area contributed by atoms with Crippen molar-refractivity contribution >= 4 is 15.9 Å². The second-order valence-corrected chi connectivity index (χ2v) is 7.15. The number of halogens is 1. The van der Waals surface area contributed by atoms with Crippen LogP contribution in [0, 0.1) is 0 Å². The fourth-order valence-electron chi connectivity index (χ4n) is 4.27. The third-order valence-electron chi connectivity index (χ3n) is 5.44. The van der Waals surface area contributed by atoms with Gasteiger partial charge >= 0.3 is 0 Å². The molecule has 2 heteroatoms. The maximum Gasteiger partial charge on any atom is 0.129 e. The molecule has 1 nitrogen and oxygen atoms in total. The van der Waals surface area contributed by atoms with Crippen molar-refractivity contribution in [2.75, 3.05) is 11.9 Å². The van der Waals surface area contributed by atoms with Crippen LogP contribution in [0.4, 0.5) is 0 Å². The number of hydrogen-bond acceptors (Lipinski definition) is 1. The van der Waals surface area contributed by atoms with E-state index in [4.69, 9.17) is 4.74 Å². The lowest BCUT2D eigenvalue weighted by Crippen LogP contribution is -2.48. The van der Waals surface area contributed by atoms with E-state index in [9.17, 15) is 0 Å². The number of hydrogen-bond donors (Lipinski definition) is 0. The van der Waals surface area contributed by atoms with E-state index in [0.29, 0.717) is 0 Å². The van der Waals surface area contributed by atoms with Crippen LogP contribution < -0.4 is 0 Å². The van der Waals surface area contributed by atoms with Gasteiger partial charge in [0, 0.05) is 17.4 Å². The van der Waals surface area contributed by atoms with E-state index in [-0.39, 0.29) is 5.41 Å². The van der Waals surface area contributed by atoms with Gasteiger partial charge in [0.05, 0.1) is 0 Å². The molecule has 3 aromatic rings. The Morgan fingerprint density at radius 2 is 1.12 bits per heavy atom. The van der Waals surface area contributed by atoms with Crippen LogP contribution in [0.25, 0.3) is 0 Å². The summed E-state index contributed by atoms with van der Waals surface area (Å²) in [6.45, 7) is 0.740. The van der Waals surface area contributed by atoms with Gasteiger partial charge in [-0.2, -0.15) is 0 Å². The molecule has 1 aliphatic rings. The Balaban J connectivity index is 2.03. The summed E-state index contributed by atoms with van der Waals surface area (Å²) < 4.78 is 6.64. The molecule has 0 amide bonds. The lowest BCUT2D eigenvalue weighted by Gasteiger charge is -2.45. The molecule has 4 rings (SSSR count). The van der Waals surface area contributed by atoms with Crippen molar-refractivity contribution in [3.63, 3.8) is 0 Å². The van der Waals surface area contributed by atoms with E-state index in [0.717, 1.165) is 18.4 Å². The van der Waals surface area contributed by atoms with Gasteiger partial charge in [0.1, 0.15) is 5.60 Å². The third kappa shape index (κ3) is 2.47. The highest BCUT2D eigenvalue weighted by Crippen LogP contribution is 2.56. The van der Waals surface area contributed by atoms with E-state index in [1.807, 2.05) is 0 Å². The topological polar surface area (TPSA) is 9.23 Å². The maximum absolute atomic E-state index is 6.64. The largest absolute Gasteiger partial charge is 0.365 e. The Hall–Kier alpha value is -1.90. The fourth-order valence-corrected chi connectivity index (χ4v) is 5.27. The van der Waals surface area contributed by atoms with Gasteiger partial charge < -0.3 is 4.74 Å². The highest BCUT2D eigenvalue weighted by atomic mass is 79.9. The van der Waals surface area contributed by atoms with E-state index in [2.05, 4.69) is 107 Å². The molecule has 1 fully saturated rings. The van der Waals surface area contributed by atoms with Gasteiger partial charge in [0.2, 0.25) is 0 Å². The first-order valence-corrected chi connectivity index (χ1v) is 9.82. The van der Waals surface area contributed by atoms with Crippen molar-refractivity contribution in [3.05, 3.63) is 108 Å². The predicted molar refractivity (Wildman–Crippen MR) is 106 cm³/mol. The first-order chi connectivity index (χ1) is 12.3. The molecule has 0 bridgehead atoms. The highest BCUT2D eigenvalue weighted by molar-refractivity contribution is 9.09. The number of ether oxygens (including phenoxy) is 1. The predicted octanol–water partition coefficient (Wildman–Crippen LogP) is 5.68. The van der Waals surface area contributed by atoms with E-state index in [1.54, 1.807) is 0 Å². The zero-order valence-electron chi connectivity index (χ0n) is 14.1. The van der Waals surface area contributed by atoms with Crippen molar-refractivity contribution in [2.45, 2.75) is 17.4 Å². The average molecular weight is 393 g/mol. The van der Waals surface area contributed by atoms with Gasteiger partial charge in [-0.25, -0.2) is 0 Å². The minimum atomic E-state index is -0.500. The minimum Gasteiger partial charge on any atom is -0.365 e. The van der Waals surface area contributed by atoms with Gasteiger partial charge in [-0.15, -0.1) is 0 Å². The van der Waals surface area contributed by atoms with Crippen LogP contribution in [-0.4, -0.2) is 11.9 Å². The average Bonchev–Trinajstić information content (AvgIpc) is 3.11. The Morgan fingerprint density at radius 1 is 0.680 bits per heavy atom. The van der Waals surface area contributed by atoms with E-state index in [1.165, 1.54) is 16.7 Å². The first kappa shape index (κ1) is 16.6. The molecule has 0 aromatic heterocycles. The Morgan fingerprint density at radius 3 is 1.56 bits per heavy atom. The normalized spacial score (nSPS) is 22.0. The Bertz CT molecular complexity index is 777. The summed E-state index contributed by atoms with van der Waals surface area (Å²) in [5.74, 6) is 0. The molecule has 0 radical (unpaired) electrons. The van der Waals surface area contributed by atoms with Crippen LogP contribution in [0.1, 0.15) is 23.1 Å². The van der Waals surface area contributed by atoms with Crippen LogP contribution in [0.3, 0.4) is 0 Å². The molecule has 0 aliphatic carbocycles. The molecule has 126 valence electrons. The monoisotopic (exact) mass is 392 g/mol. The van der Waals surface area contributed by atoms with Crippen LogP contribution in [0.5, 0.6) is 0 Å². The van der Waals surface area contributed by atoms with Gasteiger partial charge in [0.25, 0.3) is 0 Å². The van der Waals surface area contributed by atoms with Gasteiger partial charge in [-0.05, 0) is 23.1 Å². The maximum atomic E-state index is 6.64. The summed E-state index contributed by atoms with van der Waals surface area (Å²) in [6, 6.07) is 32.1. The van der Waals surface area contributed by atoms with Crippen molar-refractivity contribution in [2.24, 2.45) is 0 Å². The number of benzene rings is 3. The van der Waals surface area contributed by atoms with E-state index < -0.39 is 5.60 Å². The zero-order valence-corrected chi connectivity index (χ0v) is 15.7. The second-order valence-electron chi connectivity index (χ2n) is 6.59. The molecular weight excluding hydrogens is 372 g/mol.